The average Bonchev–Trinajstić information content (AvgIpc) is 3.18. The Bertz CT molecular complexity index is 613. The van der Waals surface area contributed by atoms with Crippen LogP contribution in [0.25, 0.3) is 0 Å². The minimum Gasteiger partial charge on any atom is -0.467 e. The fraction of sp³-hybridized carbons (Fsp3) is 0.588. The summed E-state index contributed by atoms with van der Waals surface area (Å²) in [5.41, 5.74) is 0. The molecule has 0 radical (unpaired) electrons. The number of morpholine rings is 1. The molecule has 24 heavy (non-hydrogen) atoms. The van der Waals surface area contributed by atoms with Crippen molar-refractivity contribution in [2.45, 2.75) is 32.4 Å². The zero-order valence-electron chi connectivity index (χ0n) is 13.8. The van der Waals surface area contributed by atoms with E-state index in [1.807, 2.05) is 6.07 Å². The van der Waals surface area contributed by atoms with Gasteiger partial charge in [0, 0.05) is 25.9 Å². The number of hydrogen-bond acceptors (Lipinski definition) is 5. The van der Waals surface area contributed by atoms with Gasteiger partial charge in [-0.15, -0.1) is 0 Å². The van der Waals surface area contributed by atoms with Crippen molar-refractivity contribution in [3.8, 4) is 0 Å². The molecule has 2 aliphatic heterocycles. The second kappa shape index (κ2) is 7.17. The van der Waals surface area contributed by atoms with Crippen LogP contribution in [0.5, 0.6) is 0 Å². The molecule has 0 aromatic carbocycles. The summed E-state index contributed by atoms with van der Waals surface area (Å²) in [5.74, 6) is 0.281. The molecule has 2 aliphatic rings. The van der Waals surface area contributed by atoms with Crippen LogP contribution in [0.3, 0.4) is 0 Å². The molecule has 0 spiro atoms. The summed E-state index contributed by atoms with van der Waals surface area (Å²) in [5, 5.41) is 0. The highest BCUT2D eigenvalue weighted by Gasteiger charge is 2.39. The summed E-state index contributed by atoms with van der Waals surface area (Å²) in [7, 11) is 0. The van der Waals surface area contributed by atoms with Crippen molar-refractivity contribution in [1.82, 2.24) is 9.80 Å². The molecule has 7 heteroatoms. The van der Waals surface area contributed by atoms with E-state index in [4.69, 9.17) is 9.15 Å². The standard InChI is InChI=1S/C17H22N2O5/c1-12(20)7-14-11-23-6-4-19(14)17(22)13-8-16(21)18(9-13)10-15-3-2-5-24-15/h2-3,5,13-14H,4,6-11H2,1H3/t13-,14+/m0/s1. The molecule has 3 heterocycles. The minimum atomic E-state index is -0.361. The highest BCUT2D eigenvalue weighted by molar-refractivity contribution is 5.89. The average molecular weight is 334 g/mol. The first-order chi connectivity index (χ1) is 11.5. The van der Waals surface area contributed by atoms with Crippen molar-refractivity contribution in [2.24, 2.45) is 5.92 Å². The number of carbonyl (C=O) groups excluding carboxylic acids is 3. The van der Waals surface area contributed by atoms with Crippen molar-refractivity contribution in [3.63, 3.8) is 0 Å². The van der Waals surface area contributed by atoms with Gasteiger partial charge >= 0.3 is 0 Å². The smallest absolute Gasteiger partial charge is 0.228 e. The van der Waals surface area contributed by atoms with Crippen LogP contribution in [0.2, 0.25) is 0 Å². The zero-order valence-corrected chi connectivity index (χ0v) is 13.8. The third kappa shape index (κ3) is 3.67. The van der Waals surface area contributed by atoms with Crippen molar-refractivity contribution in [1.29, 1.82) is 0 Å². The summed E-state index contributed by atoms with van der Waals surface area (Å²) in [4.78, 5) is 39.8. The maximum atomic E-state index is 12.8. The second-order valence-corrected chi connectivity index (χ2v) is 6.42. The Morgan fingerprint density at radius 1 is 1.38 bits per heavy atom. The lowest BCUT2D eigenvalue weighted by Gasteiger charge is -2.36. The first-order valence-corrected chi connectivity index (χ1v) is 8.22. The zero-order chi connectivity index (χ0) is 17.1. The van der Waals surface area contributed by atoms with E-state index in [0.29, 0.717) is 45.0 Å². The highest BCUT2D eigenvalue weighted by Crippen LogP contribution is 2.24. The molecule has 130 valence electrons. The van der Waals surface area contributed by atoms with Gasteiger partial charge in [-0.3, -0.25) is 14.4 Å². The number of ketones is 1. The predicted octanol–water partition coefficient (Wildman–Crippen LogP) is 0.835. The monoisotopic (exact) mass is 334 g/mol. The number of ether oxygens (including phenoxy) is 1. The first kappa shape index (κ1) is 16.7. The number of nitrogens with zero attached hydrogens (tertiary/aromatic N) is 2. The van der Waals surface area contributed by atoms with E-state index < -0.39 is 0 Å². The normalized spacial score (nSPS) is 24.5. The largest absolute Gasteiger partial charge is 0.467 e. The number of carbonyl (C=O) groups is 3. The van der Waals surface area contributed by atoms with Gasteiger partial charge in [-0.25, -0.2) is 0 Å². The van der Waals surface area contributed by atoms with Gasteiger partial charge in [-0.1, -0.05) is 0 Å². The Labute approximate surface area is 140 Å². The summed E-state index contributed by atoms with van der Waals surface area (Å²) in [6.07, 6.45) is 2.07. The Morgan fingerprint density at radius 3 is 2.92 bits per heavy atom. The van der Waals surface area contributed by atoms with Gasteiger partial charge in [0.25, 0.3) is 0 Å². The molecule has 0 saturated carbocycles. The molecule has 1 aromatic heterocycles. The van der Waals surface area contributed by atoms with Crippen LogP contribution in [-0.2, 0) is 25.7 Å². The van der Waals surface area contributed by atoms with Crippen LogP contribution < -0.4 is 0 Å². The lowest BCUT2D eigenvalue weighted by Crippen LogP contribution is -2.51. The van der Waals surface area contributed by atoms with Gasteiger partial charge in [0.2, 0.25) is 11.8 Å². The molecule has 0 unspecified atom stereocenters. The summed E-state index contributed by atoms with van der Waals surface area (Å²) >= 11 is 0. The van der Waals surface area contributed by atoms with Gasteiger partial charge in [0.1, 0.15) is 11.5 Å². The molecule has 2 atom stereocenters. The number of amides is 2. The third-order valence-electron chi connectivity index (χ3n) is 4.52. The molecule has 0 bridgehead atoms. The Hall–Kier alpha value is -2.15. The van der Waals surface area contributed by atoms with Crippen molar-refractivity contribution in [3.05, 3.63) is 24.2 Å². The third-order valence-corrected chi connectivity index (χ3v) is 4.52. The summed E-state index contributed by atoms with van der Waals surface area (Å²) in [6.45, 7) is 3.61. The molecule has 0 aliphatic carbocycles. The minimum absolute atomic E-state index is 0.0326. The molecule has 1 aromatic rings. The van der Waals surface area contributed by atoms with E-state index in [0.717, 1.165) is 0 Å². The van der Waals surface area contributed by atoms with Crippen molar-refractivity contribution >= 4 is 17.6 Å². The predicted molar refractivity (Wildman–Crippen MR) is 83.9 cm³/mol. The molecule has 3 rings (SSSR count). The number of rotatable bonds is 5. The molecule has 2 amide bonds. The van der Waals surface area contributed by atoms with E-state index >= 15 is 0 Å². The van der Waals surface area contributed by atoms with Gasteiger partial charge in [0.05, 0.1) is 38.0 Å². The Kier molecular flexibility index (Phi) is 4.99. The fourth-order valence-corrected chi connectivity index (χ4v) is 3.36. The molecule has 0 N–H and O–H groups in total. The van der Waals surface area contributed by atoms with Gasteiger partial charge < -0.3 is 19.0 Å². The Balaban J connectivity index is 1.64. The maximum absolute atomic E-state index is 12.8. The van der Waals surface area contributed by atoms with Crippen molar-refractivity contribution < 1.29 is 23.5 Å². The van der Waals surface area contributed by atoms with E-state index in [2.05, 4.69) is 0 Å². The molecule has 7 nitrogen and oxygen atoms in total. The van der Waals surface area contributed by atoms with E-state index in [1.54, 1.807) is 22.1 Å². The summed E-state index contributed by atoms with van der Waals surface area (Å²) < 4.78 is 10.7. The second-order valence-electron chi connectivity index (χ2n) is 6.42. The number of likely N-dealkylation sites (tertiary alicyclic amines) is 1. The van der Waals surface area contributed by atoms with Crippen LogP contribution in [0.15, 0.2) is 22.8 Å². The quantitative estimate of drug-likeness (QED) is 0.797. The fourth-order valence-electron chi connectivity index (χ4n) is 3.36. The number of furan rings is 1. The molecular formula is C17H22N2O5. The van der Waals surface area contributed by atoms with Crippen LogP contribution in [0, 0.1) is 5.92 Å². The van der Waals surface area contributed by atoms with Crippen LogP contribution in [0.1, 0.15) is 25.5 Å². The van der Waals surface area contributed by atoms with Crippen LogP contribution in [-0.4, -0.2) is 59.7 Å². The lowest BCUT2D eigenvalue weighted by molar-refractivity contribution is -0.145. The maximum Gasteiger partial charge on any atom is 0.228 e. The van der Waals surface area contributed by atoms with E-state index in [-0.39, 0.29) is 36.0 Å². The molecule has 2 saturated heterocycles. The summed E-state index contributed by atoms with van der Waals surface area (Å²) in [6, 6.07) is 3.37. The van der Waals surface area contributed by atoms with E-state index in [1.165, 1.54) is 6.92 Å². The topological polar surface area (TPSA) is 80.1 Å². The van der Waals surface area contributed by atoms with Crippen LogP contribution in [0.4, 0.5) is 0 Å². The SMILES string of the molecule is CC(=O)C[C@@H]1COCCN1C(=O)[C@H]1CC(=O)N(Cc2ccco2)C1. The van der Waals surface area contributed by atoms with E-state index in [9.17, 15) is 14.4 Å². The number of hydrogen-bond donors (Lipinski definition) is 0. The molecule has 2 fully saturated rings. The van der Waals surface area contributed by atoms with Gasteiger partial charge in [0.15, 0.2) is 0 Å². The molecular weight excluding hydrogens is 312 g/mol. The highest BCUT2D eigenvalue weighted by atomic mass is 16.5. The lowest BCUT2D eigenvalue weighted by atomic mass is 10.0. The number of Topliss-reactive ketones (excluding diaryl/α,β-unsaturated/α-hetero) is 1. The van der Waals surface area contributed by atoms with Gasteiger partial charge in [-0.2, -0.15) is 0 Å². The van der Waals surface area contributed by atoms with Crippen LogP contribution >= 0.6 is 0 Å². The Morgan fingerprint density at radius 2 is 2.21 bits per heavy atom. The van der Waals surface area contributed by atoms with Gasteiger partial charge in [-0.05, 0) is 19.1 Å². The van der Waals surface area contributed by atoms with Crippen molar-refractivity contribution in [2.75, 3.05) is 26.3 Å². The first-order valence-electron chi connectivity index (χ1n) is 8.22.